The third-order valence-electron chi connectivity index (χ3n) is 5.00. The number of carbonyl (C=O) groups excluding carboxylic acids is 1. The SMILES string of the molecule is CC1CCN(C(=O)C2C3CCC(C3)C2N)C1.Cl. The first-order chi connectivity index (χ1) is 7.66. The summed E-state index contributed by atoms with van der Waals surface area (Å²) >= 11 is 0. The highest BCUT2D eigenvalue weighted by atomic mass is 35.5. The van der Waals surface area contributed by atoms with Crippen LogP contribution < -0.4 is 5.73 Å². The molecule has 3 rings (SSSR count). The minimum absolute atomic E-state index is 0. The molecule has 0 radical (unpaired) electrons. The lowest BCUT2D eigenvalue weighted by molar-refractivity contribution is -0.136. The van der Waals surface area contributed by atoms with Crippen LogP contribution in [-0.4, -0.2) is 29.9 Å². The Hall–Kier alpha value is -0.280. The quantitative estimate of drug-likeness (QED) is 0.778. The van der Waals surface area contributed by atoms with Crippen molar-refractivity contribution in [3.05, 3.63) is 0 Å². The molecule has 3 nitrogen and oxygen atoms in total. The molecule has 0 spiro atoms. The third kappa shape index (κ3) is 2.08. The van der Waals surface area contributed by atoms with Gasteiger partial charge in [-0.05, 0) is 43.4 Å². The molecule has 0 aromatic rings. The van der Waals surface area contributed by atoms with Crippen LogP contribution >= 0.6 is 12.4 Å². The van der Waals surface area contributed by atoms with E-state index < -0.39 is 0 Å². The Kier molecular flexibility index (Phi) is 3.69. The Morgan fingerprint density at radius 1 is 1.24 bits per heavy atom. The molecule has 1 aliphatic heterocycles. The van der Waals surface area contributed by atoms with Gasteiger partial charge in [-0.25, -0.2) is 0 Å². The van der Waals surface area contributed by atoms with Gasteiger partial charge in [-0.15, -0.1) is 12.4 Å². The summed E-state index contributed by atoms with van der Waals surface area (Å²) in [4.78, 5) is 14.5. The van der Waals surface area contributed by atoms with E-state index in [1.165, 1.54) is 25.7 Å². The monoisotopic (exact) mass is 258 g/mol. The van der Waals surface area contributed by atoms with Crippen molar-refractivity contribution in [1.82, 2.24) is 4.90 Å². The number of halogens is 1. The first-order valence-corrected chi connectivity index (χ1v) is 6.71. The highest BCUT2D eigenvalue weighted by Crippen LogP contribution is 2.48. The predicted molar refractivity (Wildman–Crippen MR) is 69.9 cm³/mol. The van der Waals surface area contributed by atoms with Crippen molar-refractivity contribution in [2.24, 2.45) is 29.4 Å². The Bertz CT molecular complexity index is 308. The number of carbonyl (C=O) groups is 1. The van der Waals surface area contributed by atoms with Crippen LogP contribution in [0.4, 0.5) is 0 Å². The summed E-state index contributed by atoms with van der Waals surface area (Å²) in [6.07, 6.45) is 4.87. The molecule has 2 aliphatic carbocycles. The number of hydrogen-bond acceptors (Lipinski definition) is 2. The molecule has 1 amide bonds. The molecule has 3 fully saturated rings. The van der Waals surface area contributed by atoms with Crippen molar-refractivity contribution >= 4 is 18.3 Å². The van der Waals surface area contributed by atoms with E-state index in [0.717, 1.165) is 13.1 Å². The van der Waals surface area contributed by atoms with Gasteiger partial charge in [0.15, 0.2) is 0 Å². The summed E-state index contributed by atoms with van der Waals surface area (Å²) in [7, 11) is 0. The largest absolute Gasteiger partial charge is 0.342 e. The number of amides is 1. The van der Waals surface area contributed by atoms with Crippen LogP contribution in [0.5, 0.6) is 0 Å². The minimum atomic E-state index is 0. The van der Waals surface area contributed by atoms with E-state index in [2.05, 4.69) is 11.8 Å². The Morgan fingerprint density at radius 2 is 1.94 bits per heavy atom. The zero-order valence-corrected chi connectivity index (χ0v) is 11.3. The van der Waals surface area contributed by atoms with Crippen LogP contribution in [0, 0.1) is 23.7 Å². The summed E-state index contributed by atoms with van der Waals surface area (Å²) in [6.45, 7) is 4.15. The number of nitrogens with two attached hydrogens (primary N) is 1. The van der Waals surface area contributed by atoms with Gasteiger partial charge in [-0.2, -0.15) is 0 Å². The average molecular weight is 259 g/mol. The summed E-state index contributed by atoms with van der Waals surface area (Å²) in [6, 6.07) is 0.155. The number of nitrogens with zero attached hydrogens (tertiary/aromatic N) is 1. The van der Waals surface area contributed by atoms with Crippen LogP contribution in [0.2, 0.25) is 0 Å². The van der Waals surface area contributed by atoms with Gasteiger partial charge >= 0.3 is 0 Å². The summed E-state index contributed by atoms with van der Waals surface area (Å²) in [5.41, 5.74) is 6.22. The topological polar surface area (TPSA) is 46.3 Å². The maximum Gasteiger partial charge on any atom is 0.227 e. The second kappa shape index (κ2) is 4.77. The van der Waals surface area contributed by atoms with E-state index in [-0.39, 0.29) is 24.4 Å². The number of likely N-dealkylation sites (tertiary alicyclic amines) is 1. The molecule has 5 atom stereocenters. The van der Waals surface area contributed by atoms with Gasteiger partial charge in [0.25, 0.3) is 0 Å². The number of hydrogen-bond donors (Lipinski definition) is 1. The molecule has 4 heteroatoms. The van der Waals surface area contributed by atoms with Gasteiger partial charge in [0.1, 0.15) is 0 Å². The molecule has 2 N–H and O–H groups in total. The number of fused-ring (bicyclic) bond motifs is 2. The van der Waals surface area contributed by atoms with Gasteiger partial charge in [-0.1, -0.05) is 6.92 Å². The highest BCUT2D eigenvalue weighted by Gasteiger charge is 2.50. The molecule has 0 aromatic carbocycles. The van der Waals surface area contributed by atoms with Crippen molar-refractivity contribution in [2.45, 2.75) is 38.6 Å². The molecular weight excluding hydrogens is 236 g/mol. The molecule has 17 heavy (non-hydrogen) atoms. The zero-order chi connectivity index (χ0) is 11.3. The van der Waals surface area contributed by atoms with Gasteiger partial charge < -0.3 is 10.6 Å². The Morgan fingerprint density at radius 3 is 2.47 bits per heavy atom. The van der Waals surface area contributed by atoms with E-state index >= 15 is 0 Å². The Labute approximate surface area is 110 Å². The molecule has 98 valence electrons. The third-order valence-corrected chi connectivity index (χ3v) is 5.00. The summed E-state index contributed by atoms with van der Waals surface area (Å²) in [5.74, 6) is 2.44. The zero-order valence-electron chi connectivity index (χ0n) is 10.5. The highest BCUT2D eigenvalue weighted by molar-refractivity contribution is 5.85. The van der Waals surface area contributed by atoms with Crippen molar-refractivity contribution in [2.75, 3.05) is 13.1 Å². The first kappa shape index (κ1) is 13.2. The van der Waals surface area contributed by atoms with Crippen LogP contribution in [0.25, 0.3) is 0 Å². The molecule has 2 bridgehead atoms. The minimum Gasteiger partial charge on any atom is -0.342 e. The second-order valence-electron chi connectivity index (χ2n) is 6.11. The number of rotatable bonds is 1. The molecule has 0 aromatic heterocycles. The molecule has 3 aliphatic rings. The molecule has 1 saturated heterocycles. The van der Waals surface area contributed by atoms with E-state index in [0.29, 0.717) is 23.7 Å². The summed E-state index contributed by atoms with van der Waals surface area (Å²) < 4.78 is 0. The molecule has 2 saturated carbocycles. The van der Waals surface area contributed by atoms with Crippen molar-refractivity contribution in [3.8, 4) is 0 Å². The van der Waals surface area contributed by atoms with Gasteiger partial charge in [0.05, 0.1) is 5.92 Å². The first-order valence-electron chi connectivity index (χ1n) is 6.71. The fourth-order valence-electron chi connectivity index (χ4n) is 4.05. The molecule has 1 heterocycles. The van der Waals surface area contributed by atoms with Crippen molar-refractivity contribution in [3.63, 3.8) is 0 Å². The lowest BCUT2D eigenvalue weighted by atomic mass is 9.84. The van der Waals surface area contributed by atoms with Crippen molar-refractivity contribution in [1.29, 1.82) is 0 Å². The molecule has 5 unspecified atom stereocenters. The van der Waals surface area contributed by atoms with E-state index in [1.807, 2.05) is 0 Å². The van der Waals surface area contributed by atoms with Crippen LogP contribution in [0.15, 0.2) is 0 Å². The van der Waals surface area contributed by atoms with Crippen LogP contribution in [-0.2, 0) is 4.79 Å². The van der Waals surface area contributed by atoms with E-state index in [1.54, 1.807) is 0 Å². The maximum atomic E-state index is 12.4. The lowest BCUT2D eigenvalue weighted by Gasteiger charge is -2.30. The van der Waals surface area contributed by atoms with Gasteiger partial charge in [0.2, 0.25) is 5.91 Å². The van der Waals surface area contributed by atoms with E-state index in [9.17, 15) is 4.79 Å². The van der Waals surface area contributed by atoms with Gasteiger partial charge in [0, 0.05) is 19.1 Å². The van der Waals surface area contributed by atoms with Crippen LogP contribution in [0.1, 0.15) is 32.6 Å². The lowest BCUT2D eigenvalue weighted by Crippen LogP contribution is -2.46. The van der Waals surface area contributed by atoms with Gasteiger partial charge in [-0.3, -0.25) is 4.79 Å². The molecular formula is C13H23ClN2O. The van der Waals surface area contributed by atoms with E-state index in [4.69, 9.17) is 5.73 Å². The standard InChI is InChI=1S/C13H22N2O.ClH/c1-8-4-5-15(7-8)13(16)11-9-2-3-10(6-9)12(11)14;/h8-12H,2-7,14H2,1H3;1H. The predicted octanol–water partition coefficient (Wildman–Crippen LogP) is 1.65. The Balaban J connectivity index is 0.00000108. The normalized spacial score (nSPS) is 43.9. The second-order valence-corrected chi connectivity index (χ2v) is 6.11. The fraction of sp³-hybridized carbons (Fsp3) is 0.923. The van der Waals surface area contributed by atoms with Crippen molar-refractivity contribution < 1.29 is 4.79 Å². The fourth-order valence-corrected chi connectivity index (χ4v) is 4.05. The summed E-state index contributed by atoms with van der Waals surface area (Å²) in [5, 5.41) is 0. The smallest absolute Gasteiger partial charge is 0.227 e. The van der Waals surface area contributed by atoms with Crippen LogP contribution in [0.3, 0.4) is 0 Å². The average Bonchev–Trinajstić information content (AvgIpc) is 2.92. The maximum absolute atomic E-state index is 12.4.